The van der Waals surface area contributed by atoms with Crippen LogP contribution >= 0.6 is 0 Å². The summed E-state index contributed by atoms with van der Waals surface area (Å²) in [6.07, 6.45) is 4.67. The molecule has 0 bridgehead atoms. The number of hydrogen-bond acceptors (Lipinski definition) is 5. The summed E-state index contributed by atoms with van der Waals surface area (Å²) in [5.41, 5.74) is 2.21. The van der Waals surface area contributed by atoms with E-state index < -0.39 is 0 Å². The van der Waals surface area contributed by atoms with Gasteiger partial charge in [-0.3, -0.25) is 4.98 Å². The molecule has 2 aromatic heterocycles. The number of nitrogens with one attached hydrogen (secondary N) is 1. The Morgan fingerprint density at radius 2 is 2.35 bits per heavy atom. The van der Waals surface area contributed by atoms with Crippen LogP contribution in [0.15, 0.2) is 30.6 Å². The number of ether oxygens (including phenoxy) is 1. The van der Waals surface area contributed by atoms with Gasteiger partial charge in [0.2, 0.25) is 0 Å². The molecule has 3 rings (SSSR count). The van der Waals surface area contributed by atoms with E-state index in [1.807, 2.05) is 31.3 Å². The van der Waals surface area contributed by atoms with E-state index in [1.54, 1.807) is 6.20 Å². The molecule has 1 saturated heterocycles. The van der Waals surface area contributed by atoms with Crippen LogP contribution in [0.5, 0.6) is 0 Å². The number of aryl methyl sites for hydroxylation is 1. The fourth-order valence-corrected chi connectivity index (χ4v) is 2.35. The van der Waals surface area contributed by atoms with Crippen molar-refractivity contribution in [3.63, 3.8) is 0 Å². The molecule has 0 aliphatic carbocycles. The van der Waals surface area contributed by atoms with Crippen LogP contribution in [0.1, 0.15) is 29.4 Å². The van der Waals surface area contributed by atoms with Crippen molar-refractivity contribution in [3.05, 3.63) is 47.7 Å². The second-order valence-electron chi connectivity index (χ2n) is 5.00. The Kier molecular flexibility index (Phi) is 3.87. The van der Waals surface area contributed by atoms with Crippen molar-refractivity contribution in [1.29, 1.82) is 0 Å². The van der Waals surface area contributed by atoms with Gasteiger partial charge in [0.1, 0.15) is 11.6 Å². The molecule has 104 valence electrons. The molecule has 20 heavy (non-hydrogen) atoms. The molecule has 5 nitrogen and oxygen atoms in total. The molecule has 1 N–H and O–H groups in total. The average molecular weight is 270 g/mol. The van der Waals surface area contributed by atoms with Crippen LogP contribution in [0.4, 0.5) is 5.82 Å². The summed E-state index contributed by atoms with van der Waals surface area (Å²) in [7, 11) is 0. The highest BCUT2D eigenvalue weighted by Gasteiger charge is 2.20. The summed E-state index contributed by atoms with van der Waals surface area (Å²) >= 11 is 0. The first-order valence-electron chi connectivity index (χ1n) is 6.87. The zero-order valence-corrected chi connectivity index (χ0v) is 11.5. The van der Waals surface area contributed by atoms with Crippen molar-refractivity contribution in [2.24, 2.45) is 0 Å². The normalized spacial score (nSPS) is 18.1. The topological polar surface area (TPSA) is 59.9 Å². The van der Waals surface area contributed by atoms with Crippen LogP contribution < -0.4 is 5.32 Å². The number of nitrogens with zero attached hydrogens (tertiary/aromatic N) is 3. The summed E-state index contributed by atoms with van der Waals surface area (Å²) in [6, 6.07) is 6.01. The number of aromatic nitrogens is 3. The molecule has 0 spiro atoms. The lowest BCUT2D eigenvalue weighted by Gasteiger charge is -2.11. The van der Waals surface area contributed by atoms with Crippen molar-refractivity contribution in [2.45, 2.75) is 25.8 Å². The van der Waals surface area contributed by atoms with Gasteiger partial charge < -0.3 is 10.1 Å². The van der Waals surface area contributed by atoms with Crippen molar-refractivity contribution >= 4 is 5.82 Å². The Labute approximate surface area is 118 Å². The third-order valence-corrected chi connectivity index (χ3v) is 3.40. The lowest BCUT2D eigenvalue weighted by Crippen LogP contribution is -2.08. The van der Waals surface area contributed by atoms with Gasteiger partial charge in [-0.1, -0.05) is 6.07 Å². The Bertz CT molecular complexity index is 567. The van der Waals surface area contributed by atoms with Crippen LogP contribution in [0, 0.1) is 6.92 Å². The molecular weight excluding hydrogens is 252 g/mol. The van der Waals surface area contributed by atoms with Gasteiger partial charge in [0, 0.05) is 37.5 Å². The largest absolute Gasteiger partial charge is 0.381 e. The minimum Gasteiger partial charge on any atom is -0.381 e. The Morgan fingerprint density at radius 3 is 3.10 bits per heavy atom. The van der Waals surface area contributed by atoms with Gasteiger partial charge in [0.05, 0.1) is 12.3 Å². The van der Waals surface area contributed by atoms with E-state index in [0.29, 0.717) is 12.5 Å². The quantitative estimate of drug-likeness (QED) is 0.923. The molecule has 5 heteroatoms. The van der Waals surface area contributed by atoms with Crippen molar-refractivity contribution in [2.75, 3.05) is 18.5 Å². The second kappa shape index (κ2) is 5.96. The SMILES string of the molecule is Cc1nc(NCc2cccnc2)cc([C@@H]2CCOC2)n1. The van der Waals surface area contributed by atoms with E-state index in [9.17, 15) is 0 Å². The van der Waals surface area contributed by atoms with Crippen LogP contribution in [-0.2, 0) is 11.3 Å². The monoisotopic (exact) mass is 270 g/mol. The molecule has 2 aromatic rings. The van der Waals surface area contributed by atoms with Crippen LogP contribution in [0.25, 0.3) is 0 Å². The third-order valence-electron chi connectivity index (χ3n) is 3.40. The first-order valence-corrected chi connectivity index (χ1v) is 6.87. The van der Waals surface area contributed by atoms with Gasteiger partial charge in [-0.05, 0) is 25.0 Å². The van der Waals surface area contributed by atoms with Gasteiger partial charge in [0.15, 0.2) is 0 Å². The second-order valence-corrected chi connectivity index (χ2v) is 5.00. The summed E-state index contributed by atoms with van der Waals surface area (Å²) in [6.45, 7) is 4.23. The summed E-state index contributed by atoms with van der Waals surface area (Å²) in [4.78, 5) is 13.1. The number of rotatable bonds is 4. The lowest BCUT2D eigenvalue weighted by molar-refractivity contribution is 0.193. The molecule has 1 atom stereocenters. The highest BCUT2D eigenvalue weighted by molar-refractivity contribution is 5.38. The smallest absolute Gasteiger partial charge is 0.130 e. The van der Waals surface area contributed by atoms with Gasteiger partial charge in [0.25, 0.3) is 0 Å². The van der Waals surface area contributed by atoms with Gasteiger partial charge in [-0.2, -0.15) is 0 Å². The molecular formula is C15H18N4O. The van der Waals surface area contributed by atoms with Crippen molar-refractivity contribution < 1.29 is 4.74 Å². The Balaban J connectivity index is 1.72. The Morgan fingerprint density at radius 1 is 1.40 bits per heavy atom. The highest BCUT2D eigenvalue weighted by Crippen LogP contribution is 2.25. The predicted molar refractivity (Wildman–Crippen MR) is 76.5 cm³/mol. The van der Waals surface area contributed by atoms with E-state index in [-0.39, 0.29) is 0 Å². The minimum absolute atomic E-state index is 0.399. The summed E-state index contributed by atoms with van der Waals surface area (Å²) in [5.74, 6) is 2.06. The van der Waals surface area contributed by atoms with Gasteiger partial charge in [-0.25, -0.2) is 9.97 Å². The van der Waals surface area contributed by atoms with Crippen molar-refractivity contribution in [1.82, 2.24) is 15.0 Å². The zero-order valence-electron chi connectivity index (χ0n) is 11.5. The fraction of sp³-hybridized carbons (Fsp3) is 0.400. The standard InChI is InChI=1S/C15H18N4O/c1-11-18-14(13-4-6-20-10-13)7-15(19-11)17-9-12-3-2-5-16-8-12/h2-3,5,7-8,13H,4,6,9-10H2,1H3,(H,17,18,19)/t13-/m1/s1. The number of anilines is 1. The molecule has 1 fully saturated rings. The van der Waals surface area contributed by atoms with E-state index in [0.717, 1.165) is 42.5 Å². The maximum atomic E-state index is 5.43. The van der Waals surface area contributed by atoms with E-state index in [1.165, 1.54) is 0 Å². The molecule has 0 saturated carbocycles. The molecule has 1 aliphatic rings. The average Bonchev–Trinajstić information content (AvgIpc) is 3.00. The first-order chi connectivity index (χ1) is 9.81. The fourth-order valence-electron chi connectivity index (χ4n) is 2.35. The maximum Gasteiger partial charge on any atom is 0.130 e. The molecule has 1 aliphatic heterocycles. The van der Waals surface area contributed by atoms with E-state index in [4.69, 9.17) is 4.74 Å². The molecule has 0 unspecified atom stereocenters. The molecule has 0 aromatic carbocycles. The minimum atomic E-state index is 0.399. The Hall–Kier alpha value is -2.01. The lowest BCUT2D eigenvalue weighted by atomic mass is 10.0. The summed E-state index contributed by atoms with van der Waals surface area (Å²) < 4.78 is 5.43. The summed E-state index contributed by atoms with van der Waals surface area (Å²) in [5, 5.41) is 3.33. The van der Waals surface area contributed by atoms with Gasteiger partial charge in [-0.15, -0.1) is 0 Å². The van der Waals surface area contributed by atoms with E-state index in [2.05, 4.69) is 20.3 Å². The number of hydrogen-bond donors (Lipinski definition) is 1. The highest BCUT2D eigenvalue weighted by atomic mass is 16.5. The maximum absolute atomic E-state index is 5.43. The van der Waals surface area contributed by atoms with Crippen molar-refractivity contribution in [3.8, 4) is 0 Å². The molecule has 0 amide bonds. The molecule has 3 heterocycles. The zero-order chi connectivity index (χ0) is 13.8. The first kappa shape index (κ1) is 13.0. The predicted octanol–water partition coefficient (Wildman–Crippen LogP) is 2.30. The van der Waals surface area contributed by atoms with Crippen LogP contribution in [-0.4, -0.2) is 28.2 Å². The van der Waals surface area contributed by atoms with Crippen LogP contribution in [0.2, 0.25) is 0 Å². The third kappa shape index (κ3) is 3.11. The van der Waals surface area contributed by atoms with E-state index >= 15 is 0 Å². The number of pyridine rings is 1. The molecule has 0 radical (unpaired) electrons. The van der Waals surface area contributed by atoms with Crippen LogP contribution in [0.3, 0.4) is 0 Å². The van der Waals surface area contributed by atoms with Gasteiger partial charge >= 0.3 is 0 Å².